The first-order chi connectivity index (χ1) is 12.3. The zero-order chi connectivity index (χ0) is 17.1. The highest BCUT2D eigenvalue weighted by atomic mass is 16.5. The van der Waals surface area contributed by atoms with Gasteiger partial charge in [0.2, 0.25) is 0 Å². The van der Waals surface area contributed by atoms with Gasteiger partial charge in [-0.1, -0.05) is 30.3 Å². The van der Waals surface area contributed by atoms with Gasteiger partial charge >= 0.3 is 0 Å². The molecule has 25 heavy (non-hydrogen) atoms. The monoisotopic (exact) mass is 340 g/mol. The van der Waals surface area contributed by atoms with Crippen LogP contribution in [-0.2, 0) is 24.1 Å². The third kappa shape index (κ3) is 3.45. The van der Waals surface area contributed by atoms with E-state index in [-0.39, 0.29) is 11.9 Å². The van der Waals surface area contributed by atoms with Crippen LogP contribution < -0.4 is 5.32 Å². The van der Waals surface area contributed by atoms with Gasteiger partial charge in [-0.15, -0.1) is 0 Å². The van der Waals surface area contributed by atoms with E-state index >= 15 is 0 Å². The fraction of sp³-hybridized carbons (Fsp3) is 0.474. The molecule has 1 amide bonds. The summed E-state index contributed by atoms with van der Waals surface area (Å²) in [5.74, 6) is 0.0210. The lowest BCUT2D eigenvalue weighted by Gasteiger charge is -2.28. The Hall–Kier alpha value is -2.18. The molecule has 1 unspecified atom stereocenters. The number of hydrogen-bond donors (Lipinski definition) is 2. The number of carbonyl (C=O) groups excluding carboxylic acids is 1. The van der Waals surface area contributed by atoms with Crippen molar-refractivity contribution in [2.24, 2.45) is 0 Å². The van der Waals surface area contributed by atoms with E-state index in [2.05, 4.69) is 27.6 Å². The van der Waals surface area contributed by atoms with Gasteiger partial charge in [0, 0.05) is 43.9 Å². The Balaban J connectivity index is 1.54. The highest BCUT2D eigenvalue weighted by Gasteiger charge is 2.31. The van der Waals surface area contributed by atoms with Crippen molar-refractivity contribution in [3.63, 3.8) is 0 Å². The van der Waals surface area contributed by atoms with Crippen LogP contribution in [0, 0.1) is 0 Å². The number of benzene rings is 1. The minimum atomic E-state index is 0.0210. The predicted molar refractivity (Wildman–Crippen MR) is 94.4 cm³/mol. The smallest absolute Gasteiger partial charge is 0.275 e. The van der Waals surface area contributed by atoms with Crippen molar-refractivity contribution in [1.29, 1.82) is 0 Å². The van der Waals surface area contributed by atoms with Gasteiger partial charge in [0.1, 0.15) is 0 Å². The van der Waals surface area contributed by atoms with E-state index in [1.54, 1.807) is 0 Å². The first-order valence-corrected chi connectivity index (χ1v) is 9.02. The second-order valence-corrected chi connectivity index (χ2v) is 6.71. The number of amides is 1. The second-order valence-electron chi connectivity index (χ2n) is 6.71. The summed E-state index contributed by atoms with van der Waals surface area (Å²) in [7, 11) is 0. The van der Waals surface area contributed by atoms with E-state index in [1.807, 2.05) is 23.1 Å². The summed E-state index contributed by atoms with van der Waals surface area (Å²) in [5, 5.41) is 10.7. The number of ether oxygens (including phenoxy) is 1. The number of rotatable bonds is 5. The molecule has 0 radical (unpaired) electrons. The van der Waals surface area contributed by atoms with Crippen molar-refractivity contribution >= 4 is 5.91 Å². The fourth-order valence-electron chi connectivity index (χ4n) is 3.65. The zero-order valence-electron chi connectivity index (χ0n) is 14.3. The molecule has 2 aliphatic rings. The number of hydrogen-bond acceptors (Lipinski definition) is 4. The van der Waals surface area contributed by atoms with E-state index in [9.17, 15) is 4.79 Å². The van der Waals surface area contributed by atoms with Crippen molar-refractivity contribution in [3.05, 3.63) is 52.8 Å². The van der Waals surface area contributed by atoms with Crippen LogP contribution in [0.15, 0.2) is 30.3 Å². The van der Waals surface area contributed by atoms with Crippen LogP contribution in [0.2, 0.25) is 0 Å². The maximum absolute atomic E-state index is 13.2. The molecule has 1 saturated heterocycles. The number of nitrogens with one attached hydrogen (secondary N) is 2. The zero-order valence-corrected chi connectivity index (χ0v) is 14.3. The number of aromatic amines is 1. The van der Waals surface area contributed by atoms with Gasteiger partial charge in [0.05, 0.1) is 12.6 Å². The maximum Gasteiger partial charge on any atom is 0.275 e. The summed E-state index contributed by atoms with van der Waals surface area (Å²) in [6.07, 6.45) is 2.63. The highest BCUT2D eigenvalue weighted by Crippen LogP contribution is 2.21. The van der Waals surface area contributed by atoms with Crippen LogP contribution in [0.3, 0.4) is 0 Å². The number of nitrogens with zero attached hydrogens (tertiary/aromatic N) is 2. The summed E-state index contributed by atoms with van der Waals surface area (Å²) in [4.78, 5) is 15.2. The largest absolute Gasteiger partial charge is 0.379 e. The van der Waals surface area contributed by atoms with Gasteiger partial charge in [-0.05, 0) is 18.4 Å². The molecule has 0 spiro atoms. The van der Waals surface area contributed by atoms with Crippen LogP contribution >= 0.6 is 0 Å². The van der Waals surface area contributed by atoms with E-state index in [1.165, 1.54) is 5.56 Å². The molecule has 4 rings (SSSR count). The minimum absolute atomic E-state index is 0.0210. The molecule has 0 aliphatic carbocycles. The molecule has 2 aromatic rings. The molecule has 1 aromatic carbocycles. The molecule has 6 heteroatoms. The fourth-order valence-corrected chi connectivity index (χ4v) is 3.65. The van der Waals surface area contributed by atoms with Crippen molar-refractivity contribution in [2.45, 2.75) is 31.8 Å². The van der Waals surface area contributed by atoms with E-state index < -0.39 is 0 Å². The topological polar surface area (TPSA) is 70.2 Å². The molecule has 2 N–H and O–H groups in total. The van der Waals surface area contributed by atoms with Gasteiger partial charge in [-0.3, -0.25) is 9.89 Å². The second kappa shape index (κ2) is 7.37. The lowest BCUT2D eigenvalue weighted by molar-refractivity contribution is 0.0649. The normalized spacial score (nSPS) is 19.6. The molecule has 0 bridgehead atoms. The summed E-state index contributed by atoms with van der Waals surface area (Å²) >= 11 is 0. The van der Waals surface area contributed by atoms with Crippen molar-refractivity contribution in [1.82, 2.24) is 20.4 Å². The van der Waals surface area contributed by atoms with Crippen molar-refractivity contribution in [2.75, 3.05) is 26.3 Å². The molecule has 1 atom stereocenters. The average Bonchev–Trinajstić information content (AvgIpc) is 3.32. The highest BCUT2D eigenvalue weighted by molar-refractivity contribution is 5.94. The molecule has 132 valence electrons. The maximum atomic E-state index is 13.2. The molecule has 1 fully saturated rings. The Morgan fingerprint density at radius 3 is 3.00 bits per heavy atom. The minimum Gasteiger partial charge on any atom is -0.379 e. The summed E-state index contributed by atoms with van der Waals surface area (Å²) in [6, 6.07) is 10.4. The molecular weight excluding hydrogens is 316 g/mol. The van der Waals surface area contributed by atoms with Crippen LogP contribution in [0.5, 0.6) is 0 Å². The van der Waals surface area contributed by atoms with E-state index in [4.69, 9.17) is 4.74 Å². The summed E-state index contributed by atoms with van der Waals surface area (Å²) in [6.45, 7) is 3.66. The molecule has 2 aliphatic heterocycles. The first kappa shape index (κ1) is 16.3. The molecule has 0 saturated carbocycles. The number of fused-ring (bicyclic) bond motifs is 1. The van der Waals surface area contributed by atoms with Crippen LogP contribution in [-0.4, -0.2) is 53.3 Å². The van der Waals surface area contributed by atoms with Gasteiger partial charge in [-0.2, -0.15) is 5.10 Å². The van der Waals surface area contributed by atoms with E-state index in [0.717, 1.165) is 43.7 Å². The Labute approximate surface area is 147 Å². The average molecular weight is 340 g/mol. The summed E-state index contributed by atoms with van der Waals surface area (Å²) < 4.78 is 5.54. The Bertz CT molecular complexity index is 722. The number of H-pyrrole nitrogens is 1. The predicted octanol–water partition coefficient (Wildman–Crippen LogP) is 1.53. The standard InChI is InChI=1S/C19H24N4O2/c24-19(18-16-12-20-9-6-17(16)21-22-18)23(15-8-11-25-13-15)10-7-14-4-2-1-3-5-14/h1-5,15,20H,6-13H2,(H,21,22). The molecular formula is C19H24N4O2. The SMILES string of the molecule is O=C(c1n[nH]c2c1CNCC2)N(CCc1ccccc1)C1CCOC1. The van der Waals surface area contributed by atoms with Crippen molar-refractivity contribution in [3.8, 4) is 0 Å². The Kier molecular flexibility index (Phi) is 4.81. The quantitative estimate of drug-likeness (QED) is 0.866. The Morgan fingerprint density at radius 1 is 1.32 bits per heavy atom. The first-order valence-electron chi connectivity index (χ1n) is 9.02. The number of carbonyl (C=O) groups is 1. The Morgan fingerprint density at radius 2 is 2.20 bits per heavy atom. The molecule has 6 nitrogen and oxygen atoms in total. The van der Waals surface area contributed by atoms with Crippen LogP contribution in [0.25, 0.3) is 0 Å². The lowest BCUT2D eigenvalue weighted by Crippen LogP contribution is -2.43. The molecule has 3 heterocycles. The van der Waals surface area contributed by atoms with Crippen LogP contribution in [0.1, 0.15) is 33.7 Å². The number of aromatic nitrogens is 2. The van der Waals surface area contributed by atoms with Gasteiger partial charge < -0.3 is 15.0 Å². The van der Waals surface area contributed by atoms with Gasteiger partial charge in [0.15, 0.2) is 5.69 Å². The summed E-state index contributed by atoms with van der Waals surface area (Å²) in [5.41, 5.74) is 3.93. The van der Waals surface area contributed by atoms with Crippen LogP contribution in [0.4, 0.5) is 0 Å². The lowest BCUT2D eigenvalue weighted by atomic mass is 10.0. The van der Waals surface area contributed by atoms with Gasteiger partial charge in [-0.25, -0.2) is 0 Å². The van der Waals surface area contributed by atoms with Crippen molar-refractivity contribution < 1.29 is 9.53 Å². The third-order valence-electron chi connectivity index (χ3n) is 5.10. The van der Waals surface area contributed by atoms with E-state index in [0.29, 0.717) is 25.4 Å². The van der Waals surface area contributed by atoms with Gasteiger partial charge in [0.25, 0.3) is 5.91 Å². The third-order valence-corrected chi connectivity index (χ3v) is 5.10. The molecule has 1 aromatic heterocycles.